The molecule has 0 radical (unpaired) electrons. The number of aliphatic imine (C=N–C) groups is 1. The molecule has 0 unspecified atom stereocenters. The van der Waals surface area contributed by atoms with Crippen molar-refractivity contribution in [2.75, 3.05) is 13.1 Å². The van der Waals surface area contributed by atoms with Crippen molar-refractivity contribution in [1.82, 2.24) is 4.90 Å². The standard InChI is InChI=1S/C9H14N2/c1-4-9-8(10-3)6-7-11(9)5-2/h4H,1,3,5-7H2,2H3. The normalized spacial score (nSPS) is 17.4. The smallest absolute Gasteiger partial charge is 0.0646 e. The molecule has 0 aromatic heterocycles. The van der Waals surface area contributed by atoms with Crippen molar-refractivity contribution >= 4 is 6.72 Å². The highest BCUT2D eigenvalue weighted by Crippen LogP contribution is 2.23. The molecule has 0 amide bonds. The van der Waals surface area contributed by atoms with Crippen LogP contribution in [0.5, 0.6) is 0 Å². The van der Waals surface area contributed by atoms with Crippen molar-refractivity contribution in [2.24, 2.45) is 4.99 Å². The van der Waals surface area contributed by atoms with E-state index >= 15 is 0 Å². The molecule has 0 fully saturated rings. The number of allylic oxidation sites excluding steroid dienone is 1. The molecule has 0 bridgehead atoms. The van der Waals surface area contributed by atoms with E-state index in [4.69, 9.17) is 0 Å². The molecule has 2 nitrogen and oxygen atoms in total. The average molecular weight is 150 g/mol. The summed E-state index contributed by atoms with van der Waals surface area (Å²) in [5.74, 6) is 0. The van der Waals surface area contributed by atoms with Crippen molar-refractivity contribution < 1.29 is 0 Å². The van der Waals surface area contributed by atoms with E-state index < -0.39 is 0 Å². The molecule has 0 N–H and O–H groups in total. The van der Waals surface area contributed by atoms with E-state index in [2.05, 4.69) is 30.1 Å². The van der Waals surface area contributed by atoms with E-state index in [-0.39, 0.29) is 0 Å². The Bertz CT molecular complexity index is 204. The first-order chi connectivity index (χ1) is 5.33. The molecule has 0 saturated carbocycles. The molecule has 0 saturated heterocycles. The summed E-state index contributed by atoms with van der Waals surface area (Å²) in [6.07, 6.45) is 2.87. The summed E-state index contributed by atoms with van der Waals surface area (Å²) in [5.41, 5.74) is 2.24. The molecule has 1 rings (SSSR count). The van der Waals surface area contributed by atoms with Gasteiger partial charge >= 0.3 is 0 Å². The molecule has 11 heavy (non-hydrogen) atoms. The fourth-order valence-corrected chi connectivity index (χ4v) is 1.41. The molecule has 0 atom stereocenters. The summed E-state index contributed by atoms with van der Waals surface area (Å²) in [4.78, 5) is 6.22. The second-order valence-corrected chi connectivity index (χ2v) is 2.52. The van der Waals surface area contributed by atoms with Crippen LogP contribution in [0.25, 0.3) is 0 Å². The van der Waals surface area contributed by atoms with Crippen molar-refractivity contribution in [3.63, 3.8) is 0 Å². The number of likely N-dealkylation sites (N-methyl/N-ethyl adjacent to an activating group) is 1. The Labute approximate surface area is 67.9 Å². The Morgan fingerprint density at radius 2 is 2.45 bits per heavy atom. The Balaban J connectivity index is 2.86. The monoisotopic (exact) mass is 150 g/mol. The summed E-state index contributed by atoms with van der Waals surface area (Å²) >= 11 is 0. The lowest BCUT2D eigenvalue weighted by atomic mass is 10.3. The van der Waals surface area contributed by atoms with Crippen LogP contribution in [0, 0.1) is 0 Å². The fraction of sp³-hybridized carbons (Fsp3) is 0.444. The molecule has 0 spiro atoms. The van der Waals surface area contributed by atoms with E-state index in [0.29, 0.717) is 0 Å². The van der Waals surface area contributed by atoms with Gasteiger partial charge < -0.3 is 4.90 Å². The minimum atomic E-state index is 1.01. The van der Waals surface area contributed by atoms with Crippen molar-refractivity contribution in [3.8, 4) is 0 Å². The number of rotatable bonds is 3. The third kappa shape index (κ3) is 1.34. The van der Waals surface area contributed by atoms with Gasteiger partial charge in [0.15, 0.2) is 0 Å². The average Bonchev–Trinajstić information content (AvgIpc) is 2.45. The first-order valence-corrected chi connectivity index (χ1v) is 3.90. The van der Waals surface area contributed by atoms with Crippen LogP contribution in [0.4, 0.5) is 0 Å². The highest BCUT2D eigenvalue weighted by atomic mass is 15.2. The zero-order valence-electron chi connectivity index (χ0n) is 7.01. The second-order valence-electron chi connectivity index (χ2n) is 2.52. The van der Waals surface area contributed by atoms with Crippen LogP contribution in [0.1, 0.15) is 13.3 Å². The summed E-state index contributed by atoms with van der Waals surface area (Å²) < 4.78 is 0. The Hall–Kier alpha value is -1.05. The lowest BCUT2D eigenvalue weighted by molar-refractivity contribution is 0.408. The van der Waals surface area contributed by atoms with Crippen LogP contribution in [0.2, 0.25) is 0 Å². The predicted molar refractivity (Wildman–Crippen MR) is 48.6 cm³/mol. The van der Waals surface area contributed by atoms with Gasteiger partial charge in [-0.05, 0) is 19.7 Å². The number of hydrogen-bond donors (Lipinski definition) is 0. The first kappa shape index (κ1) is 8.05. The van der Waals surface area contributed by atoms with Crippen LogP contribution in [-0.2, 0) is 0 Å². The van der Waals surface area contributed by atoms with Gasteiger partial charge in [-0.25, -0.2) is 0 Å². The van der Waals surface area contributed by atoms with E-state index in [1.54, 1.807) is 0 Å². The van der Waals surface area contributed by atoms with Crippen LogP contribution < -0.4 is 0 Å². The van der Waals surface area contributed by atoms with E-state index in [0.717, 1.165) is 30.9 Å². The Kier molecular flexibility index (Phi) is 2.47. The molecule has 0 aliphatic carbocycles. The van der Waals surface area contributed by atoms with Crippen LogP contribution in [0.15, 0.2) is 29.0 Å². The van der Waals surface area contributed by atoms with Gasteiger partial charge in [-0.1, -0.05) is 6.58 Å². The van der Waals surface area contributed by atoms with Gasteiger partial charge in [0.25, 0.3) is 0 Å². The van der Waals surface area contributed by atoms with Crippen molar-refractivity contribution in [3.05, 3.63) is 24.0 Å². The van der Waals surface area contributed by atoms with Crippen molar-refractivity contribution in [1.29, 1.82) is 0 Å². The third-order valence-corrected chi connectivity index (χ3v) is 2.02. The van der Waals surface area contributed by atoms with Gasteiger partial charge in [0.1, 0.15) is 0 Å². The number of hydrogen-bond acceptors (Lipinski definition) is 2. The fourth-order valence-electron chi connectivity index (χ4n) is 1.41. The quantitative estimate of drug-likeness (QED) is 0.560. The van der Waals surface area contributed by atoms with E-state index in [1.807, 2.05) is 6.08 Å². The molecule has 1 heterocycles. The van der Waals surface area contributed by atoms with Crippen LogP contribution in [-0.4, -0.2) is 24.7 Å². The van der Waals surface area contributed by atoms with E-state index in [9.17, 15) is 0 Å². The SMILES string of the molecule is C=CC1=C(N=C)CCN1CC. The van der Waals surface area contributed by atoms with E-state index in [1.165, 1.54) is 0 Å². The van der Waals surface area contributed by atoms with Crippen LogP contribution in [0.3, 0.4) is 0 Å². The largest absolute Gasteiger partial charge is 0.370 e. The summed E-state index contributed by atoms with van der Waals surface area (Å²) in [6.45, 7) is 11.5. The molecule has 2 heteroatoms. The van der Waals surface area contributed by atoms with Crippen molar-refractivity contribution in [2.45, 2.75) is 13.3 Å². The summed E-state index contributed by atoms with van der Waals surface area (Å²) in [7, 11) is 0. The molecule has 1 aliphatic rings. The zero-order valence-corrected chi connectivity index (χ0v) is 7.01. The topological polar surface area (TPSA) is 15.6 Å². The molecular formula is C9H14N2. The Morgan fingerprint density at radius 1 is 1.73 bits per heavy atom. The first-order valence-electron chi connectivity index (χ1n) is 3.90. The van der Waals surface area contributed by atoms with Gasteiger partial charge in [0.2, 0.25) is 0 Å². The van der Waals surface area contributed by atoms with Gasteiger partial charge in [0.05, 0.1) is 11.4 Å². The summed E-state index contributed by atoms with van der Waals surface area (Å²) in [5, 5.41) is 0. The predicted octanol–water partition coefficient (Wildman–Crippen LogP) is 1.81. The molecule has 0 aromatic rings. The molecule has 60 valence electrons. The maximum absolute atomic E-state index is 3.95. The summed E-state index contributed by atoms with van der Waals surface area (Å²) in [6, 6.07) is 0. The third-order valence-electron chi connectivity index (χ3n) is 2.02. The minimum Gasteiger partial charge on any atom is -0.370 e. The minimum absolute atomic E-state index is 1.01. The van der Waals surface area contributed by atoms with Gasteiger partial charge in [-0.15, -0.1) is 0 Å². The van der Waals surface area contributed by atoms with Gasteiger partial charge in [0, 0.05) is 19.5 Å². The maximum atomic E-state index is 3.95. The molecule has 0 aromatic carbocycles. The number of nitrogens with zero attached hydrogens (tertiary/aromatic N) is 2. The van der Waals surface area contributed by atoms with Crippen LogP contribution >= 0.6 is 0 Å². The lowest BCUT2D eigenvalue weighted by Crippen LogP contribution is -2.17. The Morgan fingerprint density at radius 3 is 2.91 bits per heavy atom. The highest BCUT2D eigenvalue weighted by molar-refractivity contribution is 5.35. The highest BCUT2D eigenvalue weighted by Gasteiger charge is 2.16. The van der Waals surface area contributed by atoms with Gasteiger partial charge in [-0.3, -0.25) is 4.99 Å². The van der Waals surface area contributed by atoms with Gasteiger partial charge in [-0.2, -0.15) is 0 Å². The zero-order chi connectivity index (χ0) is 8.27. The second kappa shape index (κ2) is 3.37. The molecule has 1 aliphatic heterocycles. The lowest BCUT2D eigenvalue weighted by Gasteiger charge is -2.16. The maximum Gasteiger partial charge on any atom is 0.0646 e. The molecular weight excluding hydrogens is 136 g/mol.